The fourth-order valence-electron chi connectivity index (χ4n) is 1.45. The second kappa shape index (κ2) is 11.0. The van der Waals surface area contributed by atoms with Gasteiger partial charge in [0.2, 0.25) is 6.33 Å². The Bertz CT molecular complexity index is 385. The largest absolute Gasteiger partial charge is 0.756 e. The average molecular weight is 306 g/mol. The summed E-state index contributed by atoms with van der Waals surface area (Å²) in [6.07, 6.45) is 8.97. The maximum absolute atomic E-state index is 10.4. The minimum absolute atomic E-state index is 0.126. The Morgan fingerprint density at radius 2 is 1.80 bits per heavy atom. The van der Waals surface area contributed by atoms with Gasteiger partial charge in [0.25, 0.3) is 7.82 Å². The van der Waals surface area contributed by atoms with Gasteiger partial charge in [-0.3, -0.25) is 4.57 Å². The minimum Gasteiger partial charge on any atom is -0.756 e. The smallest absolute Gasteiger partial charge is 0.267 e. The van der Waals surface area contributed by atoms with Crippen molar-refractivity contribution in [3.8, 4) is 0 Å². The standard InChI is InChI=1S/C9H17N2.C4H11O4P/c1-3-5-6-11-8-7-10(4-2)9-11;1-3-7-9(5,6)8-4-2/h7-9H,3-6H2,1-2H3;3-4H2,1-2H3,(H,5,6)/q+1;/p-1. The maximum atomic E-state index is 10.4. The molecule has 0 amide bonds. The fourth-order valence-corrected chi connectivity index (χ4v) is 2.16. The number of hydrogen-bond donors (Lipinski definition) is 0. The van der Waals surface area contributed by atoms with Crippen LogP contribution in [0.15, 0.2) is 18.7 Å². The van der Waals surface area contributed by atoms with Crippen LogP contribution in [-0.2, 0) is 26.7 Å². The van der Waals surface area contributed by atoms with Crippen LogP contribution < -0.4 is 9.46 Å². The lowest BCUT2D eigenvalue weighted by Crippen LogP contribution is -2.30. The number of nitrogens with zero attached hydrogens (tertiary/aromatic N) is 2. The first-order valence-electron chi connectivity index (χ1n) is 7.13. The predicted octanol–water partition coefficient (Wildman–Crippen LogP) is 2.12. The van der Waals surface area contributed by atoms with Gasteiger partial charge in [-0.1, -0.05) is 13.3 Å². The molecule has 1 rings (SSSR count). The monoisotopic (exact) mass is 306 g/mol. The van der Waals surface area contributed by atoms with E-state index in [1.54, 1.807) is 13.8 Å². The molecule has 0 spiro atoms. The van der Waals surface area contributed by atoms with E-state index >= 15 is 0 Å². The van der Waals surface area contributed by atoms with Crippen molar-refractivity contribution in [1.29, 1.82) is 0 Å². The summed E-state index contributed by atoms with van der Waals surface area (Å²) in [7, 11) is -3.94. The van der Waals surface area contributed by atoms with Crippen LogP contribution in [0.25, 0.3) is 0 Å². The lowest BCUT2D eigenvalue weighted by Gasteiger charge is -2.20. The third-order valence-corrected chi connectivity index (χ3v) is 3.60. The van der Waals surface area contributed by atoms with E-state index in [1.807, 2.05) is 0 Å². The molecule has 0 saturated heterocycles. The summed E-state index contributed by atoms with van der Waals surface area (Å²) < 4.78 is 23.3. The van der Waals surface area contributed by atoms with Crippen molar-refractivity contribution in [1.82, 2.24) is 4.57 Å². The van der Waals surface area contributed by atoms with Gasteiger partial charge in [0.1, 0.15) is 12.4 Å². The van der Waals surface area contributed by atoms with Crippen molar-refractivity contribution in [3.05, 3.63) is 18.7 Å². The molecule has 1 heterocycles. The second-order valence-electron chi connectivity index (χ2n) is 4.12. The lowest BCUT2D eigenvalue weighted by atomic mass is 10.3. The highest BCUT2D eigenvalue weighted by atomic mass is 31.2. The Labute approximate surface area is 122 Å². The normalized spacial score (nSPS) is 11.1. The zero-order chi connectivity index (χ0) is 15.4. The molecule has 0 aliphatic rings. The maximum Gasteiger partial charge on any atom is 0.267 e. The van der Waals surface area contributed by atoms with Crippen molar-refractivity contribution < 1.29 is 23.1 Å². The molecule has 6 nitrogen and oxygen atoms in total. The van der Waals surface area contributed by atoms with Crippen LogP contribution in [0.5, 0.6) is 0 Å². The number of hydrogen-bond acceptors (Lipinski definition) is 4. The van der Waals surface area contributed by atoms with Gasteiger partial charge < -0.3 is 13.9 Å². The van der Waals surface area contributed by atoms with E-state index in [1.165, 1.54) is 12.8 Å². The van der Waals surface area contributed by atoms with Crippen molar-refractivity contribution >= 4 is 7.82 Å². The minimum atomic E-state index is -3.94. The molecule has 0 bridgehead atoms. The Hall–Kier alpha value is -0.680. The first kappa shape index (κ1) is 19.3. The van der Waals surface area contributed by atoms with Crippen LogP contribution in [0.2, 0.25) is 0 Å². The van der Waals surface area contributed by atoms with Gasteiger partial charge in [0.05, 0.1) is 26.3 Å². The van der Waals surface area contributed by atoms with Crippen LogP contribution in [-0.4, -0.2) is 17.8 Å². The van der Waals surface area contributed by atoms with Crippen molar-refractivity contribution in [3.63, 3.8) is 0 Å². The van der Waals surface area contributed by atoms with E-state index in [2.05, 4.69) is 50.8 Å². The van der Waals surface area contributed by atoms with Gasteiger partial charge in [-0.2, -0.15) is 0 Å². The van der Waals surface area contributed by atoms with Crippen molar-refractivity contribution in [2.45, 2.75) is 53.6 Å². The third-order valence-electron chi connectivity index (χ3n) is 2.46. The molecule has 1 aromatic rings. The van der Waals surface area contributed by atoms with Crippen LogP contribution >= 0.6 is 7.82 Å². The summed E-state index contributed by atoms with van der Waals surface area (Å²) in [5, 5.41) is 0. The summed E-state index contributed by atoms with van der Waals surface area (Å²) in [6.45, 7) is 10.0. The number of rotatable bonds is 8. The van der Waals surface area contributed by atoms with E-state index in [0.29, 0.717) is 0 Å². The molecule has 118 valence electrons. The van der Waals surface area contributed by atoms with Crippen molar-refractivity contribution in [2.75, 3.05) is 13.2 Å². The van der Waals surface area contributed by atoms with Gasteiger partial charge in [-0.25, -0.2) is 9.13 Å². The summed E-state index contributed by atoms with van der Waals surface area (Å²) in [5.74, 6) is 0. The quantitative estimate of drug-likeness (QED) is 0.545. The Balaban J connectivity index is 0.000000370. The summed E-state index contributed by atoms with van der Waals surface area (Å²) in [4.78, 5) is 10.4. The number of unbranched alkanes of at least 4 members (excludes halogenated alkanes) is 1. The molecule has 0 unspecified atom stereocenters. The Kier molecular flexibility index (Phi) is 10.7. The molecule has 0 fully saturated rings. The first-order valence-corrected chi connectivity index (χ1v) is 8.60. The summed E-state index contributed by atoms with van der Waals surface area (Å²) in [5.41, 5.74) is 0. The Morgan fingerprint density at radius 3 is 2.20 bits per heavy atom. The highest BCUT2D eigenvalue weighted by Crippen LogP contribution is 2.37. The number of aromatic nitrogens is 2. The lowest BCUT2D eigenvalue weighted by molar-refractivity contribution is -0.696. The van der Waals surface area contributed by atoms with E-state index < -0.39 is 7.82 Å². The summed E-state index contributed by atoms with van der Waals surface area (Å²) >= 11 is 0. The molecule has 0 radical (unpaired) electrons. The van der Waals surface area contributed by atoms with E-state index in [9.17, 15) is 9.46 Å². The fraction of sp³-hybridized carbons (Fsp3) is 0.769. The molecule has 1 aromatic heterocycles. The highest BCUT2D eigenvalue weighted by molar-refractivity contribution is 7.45. The molecule has 20 heavy (non-hydrogen) atoms. The van der Waals surface area contributed by atoms with E-state index in [-0.39, 0.29) is 13.2 Å². The molecule has 0 atom stereocenters. The van der Waals surface area contributed by atoms with Gasteiger partial charge in [-0.05, 0) is 27.2 Å². The van der Waals surface area contributed by atoms with Crippen LogP contribution in [0, 0.1) is 0 Å². The first-order chi connectivity index (χ1) is 9.49. The van der Waals surface area contributed by atoms with Gasteiger partial charge in [0.15, 0.2) is 0 Å². The number of phosphoric ester groups is 1. The molecular formula is C13H27N2O4P. The molecule has 0 N–H and O–H groups in total. The zero-order valence-corrected chi connectivity index (χ0v) is 13.8. The van der Waals surface area contributed by atoms with Gasteiger partial charge in [0, 0.05) is 0 Å². The summed E-state index contributed by atoms with van der Waals surface area (Å²) in [6, 6.07) is 0. The van der Waals surface area contributed by atoms with Crippen LogP contribution in [0.4, 0.5) is 0 Å². The van der Waals surface area contributed by atoms with E-state index in [0.717, 1.165) is 13.1 Å². The van der Waals surface area contributed by atoms with Gasteiger partial charge in [-0.15, -0.1) is 0 Å². The van der Waals surface area contributed by atoms with E-state index in [4.69, 9.17) is 0 Å². The zero-order valence-electron chi connectivity index (χ0n) is 12.9. The molecule has 0 aliphatic carbocycles. The van der Waals surface area contributed by atoms with Crippen LogP contribution in [0.1, 0.15) is 40.5 Å². The number of imidazole rings is 1. The van der Waals surface area contributed by atoms with Crippen LogP contribution in [0.3, 0.4) is 0 Å². The molecule has 0 saturated carbocycles. The molecule has 0 aliphatic heterocycles. The molecular weight excluding hydrogens is 279 g/mol. The SMILES string of the molecule is CCCC[n+]1ccn(CC)c1.CCOP(=O)([O-])OCC. The number of aryl methyl sites for hydroxylation is 2. The second-order valence-corrected chi connectivity index (χ2v) is 5.53. The number of phosphoric acid groups is 1. The highest BCUT2D eigenvalue weighted by Gasteiger charge is 2.04. The predicted molar refractivity (Wildman–Crippen MR) is 76.1 cm³/mol. The third kappa shape index (κ3) is 9.26. The average Bonchev–Trinajstić information content (AvgIpc) is 2.85. The Morgan fingerprint density at radius 1 is 1.20 bits per heavy atom. The molecule has 0 aromatic carbocycles. The van der Waals surface area contributed by atoms with Crippen molar-refractivity contribution in [2.24, 2.45) is 0 Å². The molecule has 7 heteroatoms. The topological polar surface area (TPSA) is 67.4 Å². The van der Waals surface area contributed by atoms with Gasteiger partial charge >= 0.3 is 0 Å².